The first-order valence-electron chi connectivity index (χ1n) is 7.62. The third kappa shape index (κ3) is 5.36. The van der Waals surface area contributed by atoms with E-state index < -0.39 is 0 Å². The summed E-state index contributed by atoms with van der Waals surface area (Å²) in [6.07, 6.45) is 0.457. The second kappa shape index (κ2) is 8.00. The molecule has 1 aliphatic rings. The van der Waals surface area contributed by atoms with Gasteiger partial charge in [0, 0.05) is 45.7 Å². The van der Waals surface area contributed by atoms with Crippen LogP contribution in [0.1, 0.15) is 18.9 Å². The highest BCUT2D eigenvalue weighted by Crippen LogP contribution is 2.14. The summed E-state index contributed by atoms with van der Waals surface area (Å²) in [6, 6.07) is 8.32. The van der Waals surface area contributed by atoms with E-state index in [1.54, 1.807) is 0 Å². The van der Waals surface area contributed by atoms with Gasteiger partial charge in [-0.15, -0.1) is 0 Å². The van der Waals surface area contributed by atoms with Crippen LogP contribution in [-0.2, 0) is 11.3 Å². The molecule has 1 aliphatic heterocycles. The molecule has 0 aromatic heterocycles. The highest BCUT2D eigenvalue weighted by Gasteiger charge is 2.17. The SMILES string of the molecule is CCOc1ccc(CN2CCN(CCC(N)=O)CC2)cc1. The minimum Gasteiger partial charge on any atom is -0.494 e. The van der Waals surface area contributed by atoms with Crippen molar-refractivity contribution in [2.45, 2.75) is 19.9 Å². The highest BCUT2D eigenvalue weighted by molar-refractivity contribution is 5.73. The van der Waals surface area contributed by atoms with E-state index in [0.717, 1.165) is 45.0 Å². The molecule has 2 N–H and O–H groups in total. The number of benzene rings is 1. The third-order valence-electron chi connectivity index (χ3n) is 3.78. The Morgan fingerprint density at radius 1 is 1.14 bits per heavy atom. The van der Waals surface area contributed by atoms with Crippen LogP contribution in [0.15, 0.2) is 24.3 Å². The summed E-state index contributed by atoms with van der Waals surface area (Å²) >= 11 is 0. The van der Waals surface area contributed by atoms with Crippen LogP contribution in [0.5, 0.6) is 5.75 Å². The summed E-state index contributed by atoms with van der Waals surface area (Å²) in [6.45, 7) is 8.52. The van der Waals surface area contributed by atoms with Crippen molar-refractivity contribution < 1.29 is 9.53 Å². The number of carbonyl (C=O) groups excluding carboxylic acids is 1. The second-order valence-electron chi connectivity index (χ2n) is 5.41. The zero-order chi connectivity index (χ0) is 15.1. The lowest BCUT2D eigenvalue weighted by Gasteiger charge is -2.34. The number of piperazine rings is 1. The Morgan fingerprint density at radius 3 is 2.33 bits per heavy atom. The molecule has 5 nitrogen and oxygen atoms in total. The molecule has 0 aliphatic carbocycles. The number of amides is 1. The number of nitrogens with two attached hydrogens (primary N) is 1. The molecule has 21 heavy (non-hydrogen) atoms. The molecule has 0 atom stereocenters. The number of ether oxygens (including phenoxy) is 1. The Kier molecular flexibility index (Phi) is 6.02. The fourth-order valence-electron chi connectivity index (χ4n) is 2.56. The van der Waals surface area contributed by atoms with Crippen molar-refractivity contribution in [2.24, 2.45) is 5.73 Å². The maximum atomic E-state index is 10.8. The van der Waals surface area contributed by atoms with E-state index in [9.17, 15) is 4.79 Å². The molecule has 1 saturated heterocycles. The predicted octanol–water partition coefficient (Wildman–Crippen LogP) is 1.08. The minimum atomic E-state index is -0.216. The zero-order valence-corrected chi connectivity index (χ0v) is 12.8. The van der Waals surface area contributed by atoms with Crippen molar-refractivity contribution >= 4 is 5.91 Å². The van der Waals surface area contributed by atoms with E-state index in [2.05, 4.69) is 21.9 Å². The van der Waals surface area contributed by atoms with Gasteiger partial charge in [0.15, 0.2) is 0 Å². The molecule has 0 saturated carbocycles. The first-order chi connectivity index (χ1) is 10.2. The van der Waals surface area contributed by atoms with Gasteiger partial charge in [-0.05, 0) is 24.6 Å². The van der Waals surface area contributed by atoms with Crippen molar-refractivity contribution in [1.82, 2.24) is 9.80 Å². The van der Waals surface area contributed by atoms with Crippen LogP contribution in [0.2, 0.25) is 0 Å². The summed E-state index contributed by atoms with van der Waals surface area (Å²) in [5.74, 6) is 0.712. The zero-order valence-electron chi connectivity index (χ0n) is 12.8. The first kappa shape index (κ1) is 15.8. The number of carbonyl (C=O) groups is 1. The van der Waals surface area contributed by atoms with Gasteiger partial charge >= 0.3 is 0 Å². The molecule has 2 rings (SSSR count). The lowest BCUT2D eigenvalue weighted by atomic mass is 10.2. The van der Waals surface area contributed by atoms with E-state index in [4.69, 9.17) is 10.5 Å². The topological polar surface area (TPSA) is 58.8 Å². The smallest absolute Gasteiger partial charge is 0.218 e. The lowest BCUT2D eigenvalue weighted by molar-refractivity contribution is -0.118. The van der Waals surface area contributed by atoms with E-state index >= 15 is 0 Å². The van der Waals surface area contributed by atoms with Crippen molar-refractivity contribution in [1.29, 1.82) is 0 Å². The minimum absolute atomic E-state index is 0.216. The van der Waals surface area contributed by atoms with Crippen LogP contribution >= 0.6 is 0 Å². The van der Waals surface area contributed by atoms with Crippen LogP contribution in [0.25, 0.3) is 0 Å². The Bertz CT molecular complexity index is 439. The molecule has 1 heterocycles. The van der Waals surface area contributed by atoms with Crippen molar-refractivity contribution in [3.05, 3.63) is 29.8 Å². The predicted molar refractivity (Wildman–Crippen MR) is 83.1 cm³/mol. The van der Waals surface area contributed by atoms with Gasteiger partial charge in [0.25, 0.3) is 0 Å². The van der Waals surface area contributed by atoms with Crippen molar-refractivity contribution in [3.8, 4) is 5.75 Å². The number of rotatable bonds is 7. The van der Waals surface area contributed by atoms with Gasteiger partial charge in [-0.2, -0.15) is 0 Å². The summed E-state index contributed by atoms with van der Waals surface area (Å²) < 4.78 is 5.45. The summed E-state index contributed by atoms with van der Waals surface area (Å²) in [5.41, 5.74) is 6.50. The molecule has 1 fully saturated rings. The first-order valence-corrected chi connectivity index (χ1v) is 7.62. The van der Waals surface area contributed by atoms with Crippen molar-refractivity contribution in [3.63, 3.8) is 0 Å². The highest BCUT2D eigenvalue weighted by atomic mass is 16.5. The third-order valence-corrected chi connectivity index (χ3v) is 3.78. The van der Waals surface area contributed by atoms with Crippen molar-refractivity contribution in [2.75, 3.05) is 39.3 Å². The van der Waals surface area contributed by atoms with Gasteiger partial charge in [-0.1, -0.05) is 12.1 Å². The Labute approximate surface area is 126 Å². The quantitative estimate of drug-likeness (QED) is 0.816. The molecule has 0 bridgehead atoms. The molecule has 1 aromatic carbocycles. The summed E-state index contributed by atoms with van der Waals surface area (Å²) in [5, 5.41) is 0. The average Bonchev–Trinajstić information content (AvgIpc) is 2.49. The normalized spacial score (nSPS) is 16.8. The molecule has 5 heteroatoms. The monoisotopic (exact) mass is 291 g/mol. The van der Waals surface area contributed by atoms with Crippen LogP contribution in [-0.4, -0.2) is 55.0 Å². The molecule has 116 valence electrons. The molecule has 0 spiro atoms. The fourth-order valence-corrected chi connectivity index (χ4v) is 2.56. The van der Waals surface area contributed by atoms with Gasteiger partial charge in [0.1, 0.15) is 5.75 Å². The van der Waals surface area contributed by atoms with Crippen LogP contribution in [0.4, 0.5) is 0 Å². The maximum absolute atomic E-state index is 10.8. The summed E-state index contributed by atoms with van der Waals surface area (Å²) in [4.78, 5) is 15.5. The number of hydrogen-bond donors (Lipinski definition) is 1. The van der Waals surface area contributed by atoms with Crippen LogP contribution in [0, 0.1) is 0 Å². The standard InChI is InChI=1S/C16H25N3O2/c1-2-21-15-5-3-14(4-6-15)13-19-11-9-18(10-12-19)8-7-16(17)20/h3-6H,2,7-13H2,1H3,(H2,17,20). The van der Waals surface area contributed by atoms with E-state index in [1.807, 2.05) is 19.1 Å². The van der Waals surface area contributed by atoms with E-state index in [0.29, 0.717) is 13.0 Å². The van der Waals surface area contributed by atoms with Gasteiger partial charge in [0.2, 0.25) is 5.91 Å². The molecule has 0 unspecified atom stereocenters. The van der Waals surface area contributed by atoms with Crippen LogP contribution < -0.4 is 10.5 Å². The largest absolute Gasteiger partial charge is 0.494 e. The number of primary amides is 1. The molecule has 1 amide bonds. The number of nitrogens with zero attached hydrogens (tertiary/aromatic N) is 2. The van der Waals surface area contributed by atoms with E-state index in [1.165, 1.54) is 5.56 Å². The van der Waals surface area contributed by atoms with Gasteiger partial charge in [-0.3, -0.25) is 9.69 Å². The number of hydrogen-bond acceptors (Lipinski definition) is 4. The van der Waals surface area contributed by atoms with Gasteiger partial charge in [-0.25, -0.2) is 0 Å². The van der Waals surface area contributed by atoms with Gasteiger partial charge in [0.05, 0.1) is 6.61 Å². The Morgan fingerprint density at radius 2 is 1.76 bits per heavy atom. The average molecular weight is 291 g/mol. The molecule has 1 aromatic rings. The molecular formula is C16H25N3O2. The lowest BCUT2D eigenvalue weighted by Crippen LogP contribution is -2.46. The van der Waals surface area contributed by atoms with Crippen LogP contribution in [0.3, 0.4) is 0 Å². The molecule has 0 radical (unpaired) electrons. The van der Waals surface area contributed by atoms with Gasteiger partial charge < -0.3 is 15.4 Å². The second-order valence-corrected chi connectivity index (χ2v) is 5.41. The Hall–Kier alpha value is -1.59. The fraction of sp³-hybridized carbons (Fsp3) is 0.562. The molecular weight excluding hydrogens is 266 g/mol. The van der Waals surface area contributed by atoms with E-state index in [-0.39, 0.29) is 5.91 Å². The maximum Gasteiger partial charge on any atom is 0.218 e. The Balaban J connectivity index is 1.74. The summed E-state index contributed by atoms with van der Waals surface area (Å²) in [7, 11) is 0.